The van der Waals surface area contributed by atoms with Crippen molar-refractivity contribution in [3.63, 3.8) is 0 Å². The van der Waals surface area contributed by atoms with Crippen LogP contribution in [0.2, 0.25) is 5.02 Å². The lowest BCUT2D eigenvalue weighted by Gasteiger charge is -2.11. The van der Waals surface area contributed by atoms with E-state index >= 15 is 0 Å². The van der Waals surface area contributed by atoms with Crippen LogP contribution < -0.4 is 10.5 Å². The first-order valence-corrected chi connectivity index (χ1v) is 6.23. The molecule has 2 aromatic carbocycles. The quantitative estimate of drug-likeness (QED) is 0.885. The molecule has 2 N–H and O–H groups in total. The molecular formula is C15H16ClNO. The smallest absolute Gasteiger partial charge is 0.130 e. The van der Waals surface area contributed by atoms with Crippen LogP contribution >= 0.6 is 11.6 Å². The summed E-state index contributed by atoms with van der Waals surface area (Å²) in [7, 11) is 0. The van der Waals surface area contributed by atoms with Crippen LogP contribution in [0.5, 0.6) is 11.5 Å². The first-order valence-electron chi connectivity index (χ1n) is 5.86. The van der Waals surface area contributed by atoms with Gasteiger partial charge in [-0.1, -0.05) is 23.7 Å². The Balaban J connectivity index is 2.25. The number of rotatable bonds is 3. The zero-order valence-corrected chi connectivity index (χ0v) is 11.2. The van der Waals surface area contributed by atoms with Gasteiger partial charge in [-0.05, 0) is 55.3 Å². The topological polar surface area (TPSA) is 35.2 Å². The van der Waals surface area contributed by atoms with E-state index in [9.17, 15) is 0 Å². The molecule has 2 nitrogen and oxygen atoms in total. The summed E-state index contributed by atoms with van der Waals surface area (Å²) in [6, 6.07) is 13.4. The Labute approximate surface area is 112 Å². The van der Waals surface area contributed by atoms with E-state index in [4.69, 9.17) is 22.1 Å². The molecule has 2 aromatic rings. The molecule has 0 spiro atoms. The second kappa shape index (κ2) is 5.42. The van der Waals surface area contributed by atoms with Gasteiger partial charge in [0.05, 0.1) is 0 Å². The summed E-state index contributed by atoms with van der Waals surface area (Å²) >= 11 is 5.91. The Morgan fingerprint density at radius 1 is 1.17 bits per heavy atom. The summed E-state index contributed by atoms with van der Waals surface area (Å²) in [5, 5.41) is 0.712. The highest BCUT2D eigenvalue weighted by molar-refractivity contribution is 6.30. The standard InChI is InChI=1S/C15H16ClNO/c1-10-8-13(16)6-7-15(10)18-14-5-3-4-12(9-14)11(2)17/h3-9,11H,17H2,1-2H3. The van der Waals surface area contributed by atoms with Gasteiger partial charge >= 0.3 is 0 Å². The van der Waals surface area contributed by atoms with E-state index in [2.05, 4.69) is 0 Å². The summed E-state index contributed by atoms with van der Waals surface area (Å²) in [5.41, 5.74) is 7.92. The maximum Gasteiger partial charge on any atom is 0.130 e. The van der Waals surface area contributed by atoms with Crippen LogP contribution in [0.1, 0.15) is 24.1 Å². The molecule has 2 rings (SSSR count). The van der Waals surface area contributed by atoms with Gasteiger partial charge in [-0.15, -0.1) is 0 Å². The minimum atomic E-state index is -0.000125. The van der Waals surface area contributed by atoms with E-state index in [-0.39, 0.29) is 6.04 Å². The van der Waals surface area contributed by atoms with Crippen molar-refractivity contribution in [2.24, 2.45) is 5.73 Å². The fourth-order valence-electron chi connectivity index (χ4n) is 1.72. The fraction of sp³-hybridized carbons (Fsp3) is 0.200. The zero-order valence-electron chi connectivity index (χ0n) is 10.5. The minimum Gasteiger partial charge on any atom is -0.457 e. The highest BCUT2D eigenvalue weighted by Gasteiger charge is 2.04. The van der Waals surface area contributed by atoms with Gasteiger partial charge in [0.1, 0.15) is 11.5 Å². The van der Waals surface area contributed by atoms with Gasteiger partial charge < -0.3 is 10.5 Å². The van der Waals surface area contributed by atoms with Crippen molar-refractivity contribution in [3.05, 3.63) is 58.6 Å². The largest absolute Gasteiger partial charge is 0.457 e. The Morgan fingerprint density at radius 3 is 2.61 bits per heavy atom. The first-order chi connectivity index (χ1) is 8.56. The summed E-state index contributed by atoms with van der Waals surface area (Å²) in [6.07, 6.45) is 0. The van der Waals surface area contributed by atoms with E-state index in [0.29, 0.717) is 5.02 Å². The van der Waals surface area contributed by atoms with Crippen molar-refractivity contribution in [2.75, 3.05) is 0 Å². The van der Waals surface area contributed by atoms with Crippen LogP contribution in [0.25, 0.3) is 0 Å². The molecule has 94 valence electrons. The monoisotopic (exact) mass is 261 g/mol. The second-order valence-electron chi connectivity index (χ2n) is 4.37. The van der Waals surface area contributed by atoms with E-state index in [1.165, 1.54) is 0 Å². The van der Waals surface area contributed by atoms with Crippen LogP contribution in [-0.2, 0) is 0 Å². The summed E-state index contributed by atoms with van der Waals surface area (Å²) < 4.78 is 5.84. The molecule has 0 heterocycles. The summed E-state index contributed by atoms with van der Waals surface area (Å²) in [6.45, 7) is 3.92. The molecule has 0 saturated carbocycles. The molecule has 0 aromatic heterocycles. The number of halogens is 1. The van der Waals surface area contributed by atoms with Crippen molar-refractivity contribution in [1.82, 2.24) is 0 Å². The average Bonchev–Trinajstić information content (AvgIpc) is 2.33. The Morgan fingerprint density at radius 2 is 1.94 bits per heavy atom. The molecule has 0 aliphatic carbocycles. The van der Waals surface area contributed by atoms with Crippen LogP contribution in [0, 0.1) is 6.92 Å². The predicted molar refractivity (Wildman–Crippen MR) is 75.3 cm³/mol. The van der Waals surface area contributed by atoms with Crippen molar-refractivity contribution in [2.45, 2.75) is 19.9 Å². The lowest BCUT2D eigenvalue weighted by molar-refractivity contribution is 0.477. The maximum atomic E-state index is 5.91. The zero-order chi connectivity index (χ0) is 13.1. The predicted octanol–water partition coefficient (Wildman–Crippen LogP) is 4.46. The normalized spacial score (nSPS) is 12.2. The van der Waals surface area contributed by atoms with Gasteiger partial charge in [0.25, 0.3) is 0 Å². The lowest BCUT2D eigenvalue weighted by Crippen LogP contribution is -2.04. The van der Waals surface area contributed by atoms with Gasteiger partial charge in [0.2, 0.25) is 0 Å². The third kappa shape index (κ3) is 3.03. The molecule has 1 unspecified atom stereocenters. The third-order valence-corrected chi connectivity index (χ3v) is 2.98. The molecule has 18 heavy (non-hydrogen) atoms. The Kier molecular flexibility index (Phi) is 3.90. The first kappa shape index (κ1) is 12.9. The van der Waals surface area contributed by atoms with E-state index in [0.717, 1.165) is 22.6 Å². The van der Waals surface area contributed by atoms with E-state index in [1.54, 1.807) is 0 Å². The molecule has 0 fully saturated rings. The molecule has 0 aliphatic rings. The fourth-order valence-corrected chi connectivity index (χ4v) is 1.94. The molecule has 1 atom stereocenters. The SMILES string of the molecule is Cc1cc(Cl)ccc1Oc1cccc(C(C)N)c1. The number of nitrogens with two attached hydrogens (primary N) is 1. The lowest BCUT2D eigenvalue weighted by atomic mass is 10.1. The number of benzene rings is 2. The van der Waals surface area contributed by atoms with Gasteiger partial charge in [-0.3, -0.25) is 0 Å². The third-order valence-electron chi connectivity index (χ3n) is 2.75. The summed E-state index contributed by atoms with van der Waals surface area (Å²) in [4.78, 5) is 0. The van der Waals surface area contributed by atoms with Crippen molar-refractivity contribution < 1.29 is 4.74 Å². The molecule has 0 bridgehead atoms. The highest BCUT2D eigenvalue weighted by Crippen LogP contribution is 2.28. The van der Waals surface area contributed by atoms with Crippen molar-refractivity contribution in [1.29, 1.82) is 0 Å². The van der Waals surface area contributed by atoms with E-state index in [1.807, 2.05) is 56.3 Å². The second-order valence-corrected chi connectivity index (χ2v) is 4.81. The number of hydrogen-bond donors (Lipinski definition) is 1. The number of ether oxygens (including phenoxy) is 1. The van der Waals surface area contributed by atoms with Crippen molar-refractivity contribution >= 4 is 11.6 Å². The molecule has 0 aliphatic heterocycles. The van der Waals surface area contributed by atoms with Gasteiger partial charge in [-0.2, -0.15) is 0 Å². The Hall–Kier alpha value is -1.51. The average molecular weight is 262 g/mol. The van der Waals surface area contributed by atoms with Gasteiger partial charge in [0.15, 0.2) is 0 Å². The minimum absolute atomic E-state index is 0.000125. The van der Waals surface area contributed by atoms with Gasteiger partial charge in [0, 0.05) is 11.1 Å². The van der Waals surface area contributed by atoms with Crippen LogP contribution in [0.15, 0.2) is 42.5 Å². The number of aryl methyl sites for hydroxylation is 1. The maximum absolute atomic E-state index is 5.91. The highest BCUT2D eigenvalue weighted by atomic mass is 35.5. The Bertz CT molecular complexity index is 552. The van der Waals surface area contributed by atoms with Crippen LogP contribution in [-0.4, -0.2) is 0 Å². The molecular weight excluding hydrogens is 246 g/mol. The molecule has 0 saturated heterocycles. The van der Waals surface area contributed by atoms with Gasteiger partial charge in [-0.25, -0.2) is 0 Å². The molecule has 0 radical (unpaired) electrons. The van der Waals surface area contributed by atoms with E-state index < -0.39 is 0 Å². The van der Waals surface area contributed by atoms with Crippen LogP contribution in [0.4, 0.5) is 0 Å². The van der Waals surface area contributed by atoms with Crippen molar-refractivity contribution in [3.8, 4) is 11.5 Å². The summed E-state index contributed by atoms with van der Waals surface area (Å²) in [5.74, 6) is 1.59. The molecule has 0 amide bonds. The molecule has 3 heteroatoms. The number of hydrogen-bond acceptors (Lipinski definition) is 2. The van der Waals surface area contributed by atoms with Crippen LogP contribution in [0.3, 0.4) is 0 Å².